The molecule has 0 fully saturated rings. The lowest BCUT2D eigenvalue weighted by molar-refractivity contribution is -0.245. The summed E-state index contributed by atoms with van der Waals surface area (Å²) < 4.78 is 199. The van der Waals surface area contributed by atoms with Gasteiger partial charge in [-0.3, -0.25) is 0 Å². The third kappa shape index (κ3) is 6.73. The molecule has 0 heterocycles. The molecule has 0 aliphatic heterocycles. The number of sulfonamides is 2. The molecule has 0 atom stereocenters. The van der Waals surface area contributed by atoms with Crippen LogP contribution in [0, 0.1) is 0 Å². The number of benzene rings is 1. The molecule has 0 aliphatic rings. The van der Waals surface area contributed by atoms with Crippen LogP contribution in [0.15, 0.2) is 36.9 Å². The third-order valence-electron chi connectivity index (χ3n) is 3.76. The Morgan fingerprint density at radius 2 is 1.28 bits per heavy atom. The average Bonchev–Trinajstić information content (AvgIpc) is 2.77. The zero-order chi connectivity index (χ0) is 30.9. The van der Waals surface area contributed by atoms with E-state index in [0.717, 1.165) is 0 Å². The van der Waals surface area contributed by atoms with Crippen molar-refractivity contribution < 1.29 is 88.0 Å². The molecule has 0 saturated heterocycles. The number of nitrogens with one attached hydrogen (secondary N) is 1. The molecule has 0 aliphatic carbocycles. The lowest BCUT2D eigenvalue weighted by Gasteiger charge is -2.31. The standard InChI is InChI=1S/C15H10F9NO11S3/c1-2-10(26)34-7-35-11(27)8-3-5-9(6-4-8)36-39(32,33)14(20,21)12(16,17)13(18,19)37(28,29)25-38(30,31)15(22,23)24/h2-6,25H,1,7H2. The van der Waals surface area contributed by atoms with Crippen LogP contribution in [0.25, 0.3) is 0 Å². The van der Waals surface area contributed by atoms with Crippen molar-refractivity contribution in [3.8, 4) is 5.75 Å². The van der Waals surface area contributed by atoms with Gasteiger partial charge in [0.15, 0.2) is 0 Å². The molecule has 1 rings (SSSR count). The lowest BCUT2D eigenvalue weighted by atomic mass is 10.2. The van der Waals surface area contributed by atoms with Crippen molar-refractivity contribution in [2.24, 2.45) is 0 Å². The molecule has 222 valence electrons. The van der Waals surface area contributed by atoms with Crippen LogP contribution >= 0.6 is 0 Å². The van der Waals surface area contributed by atoms with E-state index in [9.17, 15) is 74.4 Å². The number of carbonyl (C=O) groups is 2. The van der Waals surface area contributed by atoms with Crippen LogP contribution in [0.5, 0.6) is 5.75 Å². The molecular weight excluding hydrogens is 637 g/mol. The number of alkyl halides is 9. The van der Waals surface area contributed by atoms with Crippen LogP contribution in [0.4, 0.5) is 39.5 Å². The van der Waals surface area contributed by atoms with Gasteiger partial charge in [-0.05, 0) is 24.3 Å². The van der Waals surface area contributed by atoms with Gasteiger partial charge in [-0.2, -0.15) is 47.9 Å². The Balaban J connectivity index is 3.25. The van der Waals surface area contributed by atoms with Gasteiger partial charge in [-0.25, -0.2) is 26.4 Å². The quantitative estimate of drug-likeness (QED) is 0.115. The summed E-state index contributed by atoms with van der Waals surface area (Å²) in [6.07, 6.45) is 0.686. The minimum Gasteiger partial charge on any atom is -0.425 e. The number of rotatable bonds is 12. The van der Waals surface area contributed by atoms with Crippen LogP contribution in [0.1, 0.15) is 10.4 Å². The number of halogens is 9. The Morgan fingerprint density at radius 3 is 1.72 bits per heavy atom. The summed E-state index contributed by atoms with van der Waals surface area (Å²) in [5.41, 5.74) is -7.25. The van der Waals surface area contributed by atoms with Crippen molar-refractivity contribution in [3.05, 3.63) is 42.5 Å². The molecule has 39 heavy (non-hydrogen) atoms. The monoisotopic (exact) mass is 647 g/mol. The summed E-state index contributed by atoms with van der Waals surface area (Å²) in [6, 6.07) is 1.66. The first-order valence-electron chi connectivity index (χ1n) is 8.75. The molecule has 0 aromatic heterocycles. The van der Waals surface area contributed by atoms with E-state index in [1.54, 1.807) is 0 Å². The number of hydrogen-bond donors (Lipinski definition) is 1. The molecule has 0 unspecified atom stereocenters. The topological polar surface area (TPSA) is 176 Å². The van der Waals surface area contributed by atoms with E-state index in [-0.39, 0.29) is 0 Å². The second-order valence-corrected chi connectivity index (χ2v) is 11.7. The van der Waals surface area contributed by atoms with Crippen LogP contribution in [-0.4, -0.2) is 65.9 Å². The van der Waals surface area contributed by atoms with E-state index in [1.807, 2.05) is 0 Å². The first kappa shape index (κ1) is 33.9. The predicted octanol–water partition coefficient (Wildman–Crippen LogP) is 1.83. The van der Waals surface area contributed by atoms with Gasteiger partial charge in [-0.15, -0.1) is 0 Å². The Bertz CT molecular complexity index is 1440. The second kappa shape index (κ2) is 10.8. The van der Waals surface area contributed by atoms with Gasteiger partial charge in [0, 0.05) is 6.08 Å². The highest BCUT2D eigenvalue weighted by molar-refractivity contribution is 8.05. The van der Waals surface area contributed by atoms with Crippen LogP contribution in [0.2, 0.25) is 0 Å². The van der Waals surface area contributed by atoms with Gasteiger partial charge in [0.25, 0.3) is 10.0 Å². The predicted molar refractivity (Wildman–Crippen MR) is 104 cm³/mol. The van der Waals surface area contributed by atoms with Crippen molar-refractivity contribution in [2.45, 2.75) is 21.9 Å². The van der Waals surface area contributed by atoms with E-state index in [2.05, 4.69) is 20.2 Å². The van der Waals surface area contributed by atoms with E-state index in [0.29, 0.717) is 30.3 Å². The first-order valence-corrected chi connectivity index (χ1v) is 13.1. The van der Waals surface area contributed by atoms with Crippen molar-refractivity contribution in [3.63, 3.8) is 0 Å². The maximum absolute atomic E-state index is 14.1. The molecule has 1 N–H and O–H groups in total. The fourth-order valence-electron chi connectivity index (χ4n) is 1.85. The number of hydrogen-bond acceptors (Lipinski definition) is 11. The minimum absolute atomic E-state index is 0.296. The van der Waals surface area contributed by atoms with Gasteiger partial charge in [0.05, 0.1) is 5.56 Å². The number of ether oxygens (including phenoxy) is 2. The molecule has 0 saturated carbocycles. The van der Waals surface area contributed by atoms with Crippen molar-refractivity contribution in [1.82, 2.24) is 4.13 Å². The highest BCUT2D eigenvalue weighted by Gasteiger charge is 2.83. The Morgan fingerprint density at radius 1 is 0.795 bits per heavy atom. The molecule has 24 heteroatoms. The van der Waals surface area contributed by atoms with Crippen LogP contribution in [-0.2, 0) is 44.4 Å². The summed E-state index contributed by atoms with van der Waals surface area (Å²) in [5.74, 6) is -11.4. The fourth-order valence-corrected chi connectivity index (χ4v) is 5.24. The minimum atomic E-state index is -7.93. The van der Waals surface area contributed by atoms with E-state index in [1.165, 1.54) is 0 Å². The zero-order valence-electron chi connectivity index (χ0n) is 17.9. The molecule has 0 amide bonds. The SMILES string of the molecule is C=CC(=O)OCOC(=O)c1ccc(OS(=O)(=O)C(F)(F)C(F)(F)C(F)(F)S(=O)(=O)NS(=O)(=O)C(F)(F)F)cc1. The maximum Gasteiger partial charge on any atom is 0.512 e. The summed E-state index contributed by atoms with van der Waals surface area (Å²) >= 11 is 0. The number of esters is 2. The van der Waals surface area contributed by atoms with Crippen molar-refractivity contribution >= 4 is 42.1 Å². The van der Waals surface area contributed by atoms with Crippen LogP contribution < -0.4 is 8.31 Å². The van der Waals surface area contributed by atoms with Gasteiger partial charge < -0.3 is 13.7 Å². The molecular formula is C15H10F9NO11S3. The largest absolute Gasteiger partial charge is 0.512 e. The first-order chi connectivity index (χ1) is 17.3. The van der Waals surface area contributed by atoms with Gasteiger partial charge >= 0.3 is 54.0 Å². The Hall–Kier alpha value is -3.12. The summed E-state index contributed by atoms with van der Waals surface area (Å²) in [4.78, 5) is 22.5. The zero-order valence-corrected chi connectivity index (χ0v) is 20.4. The normalized spacial score (nSPS) is 13.9. The molecule has 1 aromatic rings. The average molecular weight is 647 g/mol. The number of carbonyl (C=O) groups excluding carboxylic acids is 2. The molecule has 0 radical (unpaired) electrons. The molecule has 0 spiro atoms. The second-order valence-electron chi connectivity index (χ2n) is 6.42. The fraction of sp³-hybridized carbons (Fsp3) is 0.333. The molecule has 1 aromatic carbocycles. The van der Waals surface area contributed by atoms with Crippen LogP contribution in [0.3, 0.4) is 0 Å². The van der Waals surface area contributed by atoms with Crippen molar-refractivity contribution in [2.75, 3.05) is 6.79 Å². The van der Waals surface area contributed by atoms with E-state index >= 15 is 0 Å². The van der Waals surface area contributed by atoms with E-state index in [4.69, 9.17) is 0 Å². The highest BCUT2D eigenvalue weighted by atomic mass is 32.3. The molecule has 0 bridgehead atoms. The third-order valence-corrected chi connectivity index (χ3v) is 8.35. The summed E-state index contributed by atoms with van der Waals surface area (Å²) in [6.45, 7) is 2.05. The van der Waals surface area contributed by atoms with Gasteiger partial charge in [0.2, 0.25) is 6.79 Å². The Kier molecular flexibility index (Phi) is 9.39. The highest BCUT2D eigenvalue weighted by Crippen LogP contribution is 2.51. The Labute approximate surface area is 211 Å². The summed E-state index contributed by atoms with van der Waals surface area (Å²) in [7, 11) is -22.7. The van der Waals surface area contributed by atoms with Gasteiger partial charge in [-0.1, -0.05) is 10.7 Å². The summed E-state index contributed by atoms with van der Waals surface area (Å²) in [5, 5.41) is -14.8. The molecule has 12 nitrogen and oxygen atoms in total. The maximum atomic E-state index is 14.1. The van der Waals surface area contributed by atoms with E-state index < -0.39 is 86.3 Å². The smallest absolute Gasteiger partial charge is 0.425 e. The van der Waals surface area contributed by atoms with Crippen molar-refractivity contribution in [1.29, 1.82) is 0 Å². The van der Waals surface area contributed by atoms with Gasteiger partial charge in [0.1, 0.15) is 5.75 Å². The lowest BCUT2D eigenvalue weighted by Crippen LogP contribution is -2.64.